The Labute approximate surface area is 120 Å². The summed E-state index contributed by atoms with van der Waals surface area (Å²) in [6, 6.07) is 1.86. The topological polar surface area (TPSA) is 77.2 Å². The van der Waals surface area contributed by atoms with Crippen molar-refractivity contribution in [2.75, 3.05) is 17.7 Å². The van der Waals surface area contributed by atoms with Crippen LogP contribution in [0.4, 0.5) is 11.5 Å². The Balaban J connectivity index is 2.75. The zero-order valence-electron chi connectivity index (χ0n) is 12.6. The first-order valence-electron chi connectivity index (χ1n) is 7.27. The number of nitrogens with one attached hydrogen (secondary N) is 1. The fraction of sp³-hybridized carbons (Fsp3) is 0.600. The molecule has 20 heavy (non-hydrogen) atoms. The van der Waals surface area contributed by atoms with Crippen molar-refractivity contribution in [3.05, 3.63) is 17.8 Å². The van der Waals surface area contributed by atoms with Crippen LogP contribution in [0.2, 0.25) is 0 Å². The quantitative estimate of drug-likeness (QED) is 0.564. The number of rotatable bonds is 8. The molecule has 0 aromatic carbocycles. The minimum Gasteiger partial charge on any atom is -0.462 e. The fourth-order valence-electron chi connectivity index (χ4n) is 1.97. The highest BCUT2D eigenvalue weighted by Gasteiger charge is 2.16. The molecule has 112 valence electrons. The number of unbranched alkanes of at least 4 members (excludes halogenated alkanes) is 2. The summed E-state index contributed by atoms with van der Waals surface area (Å²) in [4.78, 5) is 16.1. The van der Waals surface area contributed by atoms with E-state index < -0.39 is 5.97 Å². The SMILES string of the molecule is CCCCCC(C)Nc1ncc(N)cc1C(=O)OCC. The number of hydrogen-bond acceptors (Lipinski definition) is 5. The van der Waals surface area contributed by atoms with Crippen molar-refractivity contribution in [3.8, 4) is 0 Å². The van der Waals surface area contributed by atoms with Crippen molar-refractivity contribution in [3.63, 3.8) is 0 Å². The summed E-state index contributed by atoms with van der Waals surface area (Å²) in [6.07, 6.45) is 6.16. The van der Waals surface area contributed by atoms with Crippen LogP contribution < -0.4 is 11.1 Å². The number of hydrogen-bond donors (Lipinski definition) is 2. The van der Waals surface area contributed by atoms with Crippen LogP contribution in [0.5, 0.6) is 0 Å². The molecule has 0 radical (unpaired) electrons. The zero-order chi connectivity index (χ0) is 15.0. The molecule has 1 heterocycles. The third-order valence-electron chi connectivity index (χ3n) is 3.03. The number of nitrogens with two attached hydrogens (primary N) is 1. The minimum atomic E-state index is -0.393. The molecule has 0 saturated heterocycles. The summed E-state index contributed by atoms with van der Waals surface area (Å²) >= 11 is 0. The molecule has 1 aromatic rings. The van der Waals surface area contributed by atoms with E-state index in [1.54, 1.807) is 19.2 Å². The van der Waals surface area contributed by atoms with Crippen molar-refractivity contribution in [2.45, 2.75) is 52.5 Å². The molecule has 5 nitrogen and oxygen atoms in total. The van der Waals surface area contributed by atoms with Gasteiger partial charge < -0.3 is 15.8 Å². The molecule has 0 amide bonds. The first-order valence-corrected chi connectivity index (χ1v) is 7.27. The third-order valence-corrected chi connectivity index (χ3v) is 3.03. The number of carbonyl (C=O) groups is 1. The predicted molar refractivity (Wildman–Crippen MR) is 81.8 cm³/mol. The van der Waals surface area contributed by atoms with Crippen molar-refractivity contribution < 1.29 is 9.53 Å². The second kappa shape index (κ2) is 8.40. The number of pyridine rings is 1. The lowest BCUT2D eigenvalue weighted by atomic mass is 10.1. The van der Waals surface area contributed by atoms with Crippen LogP contribution in [-0.2, 0) is 4.74 Å². The molecule has 1 unspecified atom stereocenters. The van der Waals surface area contributed by atoms with Crippen molar-refractivity contribution in [1.82, 2.24) is 4.98 Å². The lowest BCUT2D eigenvalue weighted by molar-refractivity contribution is 0.0527. The van der Waals surface area contributed by atoms with Crippen molar-refractivity contribution in [1.29, 1.82) is 0 Å². The standard InChI is InChI=1S/C15H25N3O2/c1-4-6-7-8-11(3)18-14-13(15(19)20-5-2)9-12(16)10-17-14/h9-11H,4-8,16H2,1-3H3,(H,17,18). The molecule has 3 N–H and O–H groups in total. The molecule has 0 saturated carbocycles. The molecule has 0 aliphatic rings. The van der Waals surface area contributed by atoms with Crippen LogP contribution in [-0.4, -0.2) is 23.6 Å². The normalized spacial score (nSPS) is 11.9. The van der Waals surface area contributed by atoms with Crippen molar-refractivity contribution in [2.24, 2.45) is 0 Å². The van der Waals surface area contributed by atoms with Gasteiger partial charge in [0.2, 0.25) is 0 Å². The largest absolute Gasteiger partial charge is 0.462 e. The van der Waals surface area contributed by atoms with Gasteiger partial charge in [0.1, 0.15) is 11.4 Å². The highest BCUT2D eigenvalue weighted by Crippen LogP contribution is 2.19. The van der Waals surface area contributed by atoms with E-state index in [1.807, 2.05) is 0 Å². The number of anilines is 2. The van der Waals surface area contributed by atoms with Crippen LogP contribution in [0.3, 0.4) is 0 Å². The first kappa shape index (κ1) is 16.3. The van der Waals surface area contributed by atoms with Crippen LogP contribution in [0.1, 0.15) is 56.8 Å². The van der Waals surface area contributed by atoms with Gasteiger partial charge in [-0.1, -0.05) is 26.2 Å². The van der Waals surface area contributed by atoms with E-state index in [1.165, 1.54) is 12.8 Å². The lowest BCUT2D eigenvalue weighted by Gasteiger charge is -2.16. The second-order valence-electron chi connectivity index (χ2n) is 4.93. The maximum absolute atomic E-state index is 11.9. The third kappa shape index (κ3) is 5.07. The van der Waals surface area contributed by atoms with E-state index in [2.05, 4.69) is 24.1 Å². The summed E-state index contributed by atoms with van der Waals surface area (Å²) in [5, 5.41) is 3.27. The molecule has 0 bridgehead atoms. The Bertz CT molecular complexity index is 435. The van der Waals surface area contributed by atoms with Gasteiger partial charge in [-0.15, -0.1) is 0 Å². The van der Waals surface area contributed by atoms with Gasteiger partial charge in [0.05, 0.1) is 18.5 Å². The lowest BCUT2D eigenvalue weighted by Crippen LogP contribution is -2.19. The Morgan fingerprint density at radius 2 is 2.20 bits per heavy atom. The van der Waals surface area contributed by atoms with E-state index in [9.17, 15) is 4.79 Å². The average molecular weight is 279 g/mol. The van der Waals surface area contributed by atoms with Gasteiger partial charge in [-0.05, 0) is 26.3 Å². The first-order chi connectivity index (χ1) is 9.58. The van der Waals surface area contributed by atoms with Crippen LogP contribution in [0, 0.1) is 0 Å². The maximum atomic E-state index is 11.9. The summed E-state index contributed by atoms with van der Waals surface area (Å²) in [5.74, 6) is 0.150. The number of nitrogens with zero attached hydrogens (tertiary/aromatic N) is 1. The zero-order valence-corrected chi connectivity index (χ0v) is 12.6. The number of aromatic nitrogens is 1. The van der Waals surface area contributed by atoms with Gasteiger partial charge in [0.15, 0.2) is 0 Å². The van der Waals surface area contributed by atoms with Crippen LogP contribution in [0.15, 0.2) is 12.3 Å². The highest BCUT2D eigenvalue weighted by molar-refractivity contribution is 5.95. The monoisotopic (exact) mass is 279 g/mol. The molecule has 0 aliphatic heterocycles. The molecule has 1 atom stereocenters. The second-order valence-corrected chi connectivity index (χ2v) is 4.93. The van der Waals surface area contributed by atoms with Gasteiger partial charge in [-0.3, -0.25) is 0 Å². The van der Waals surface area contributed by atoms with E-state index >= 15 is 0 Å². The van der Waals surface area contributed by atoms with Gasteiger partial charge in [0.25, 0.3) is 0 Å². The van der Waals surface area contributed by atoms with Gasteiger partial charge in [-0.2, -0.15) is 0 Å². The number of nitrogen functional groups attached to an aromatic ring is 1. The Morgan fingerprint density at radius 3 is 2.85 bits per heavy atom. The molecule has 1 aromatic heterocycles. The Morgan fingerprint density at radius 1 is 1.45 bits per heavy atom. The average Bonchev–Trinajstić information content (AvgIpc) is 2.41. The maximum Gasteiger partial charge on any atom is 0.341 e. The van der Waals surface area contributed by atoms with Crippen LogP contribution in [0.25, 0.3) is 0 Å². The molecular formula is C15H25N3O2. The molecular weight excluding hydrogens is 254 g/mol. The summed E-state index contributed by atoms with van der Waals surface area (Å²) in [7, 11) is 0. The van der Waals surface area contributed by atoms with Gasteiger partial charge in [0, 0.05) is 6.04 Å². The van der Waals surface area contributed by atoms with Crippen LogP contribution >= 0.6 is 0 Å². The number of carbonyl (C=O) groups excluding carboxylic acids is 1. The highest BCUT2D eigenvalue weighted by atomic mass is 16.5. The number of ether oxygens (including phenoxy) is 1. The van der Waals surface area contributed by atoms with Gasteiger partial charge >= 0.3 is 5.97 Å². The minimum absolute atomic E-state index is 0.255. The fourth-order valence-corrected chi connectivity index (χ4v) is 1.97. The summed E-state index contributed by atoms with van der Waals surface area (Å²) in [6.45, 7) is 6.37. The molecule has 0 fully saturated rings. The molecule has 0 aliphatic carbocycles. The molecule has 0 spiro atoms. The number of esters is 1. The van der Waals surface area contributed by atoms with Crippen molar-refractivity contribution >= 4 is 17.5 Å². The smallest absolute Gasteiger partial charge is 0.341 e. The molecule has 5 heteroatoms. The van der Waals surface area contributed by atoms with E-state index in [-0.39, 0.29) is 6.04 Å². The Kier molecular flexibility index (Phi) is 6.84. The van der Waals surface area contributed by atoms with E-state index in [4.69, 9.17) is 10.5 Å². The van der Waals surface area contributed by atoms with E-state index in [0.717, 1.165) is 12.8 Å². The van der Waals surface area contributed by atoms with E-state index in [0.29, 0.717) is 23.7 Å². The summed E-state index contributed by atoms with van der Waals surface area (Å²) < 4.78 is 5.03. The Hall–Kier alpha value is -1.78. The summed E-state index contributed by atoms with van der Waals surface area (Å²) in [5.41, 5.74) is 6.55. The molecule has 1 rings (SSSR count). The predicted octanol–water partition coefficient (Wildman–Crippen LogP) is 3.22. The van der Waals surface area contributed by atoms with Gasteiger partial charge in [-0.25, -0.2) is 9.78 Å².